The number of rotatable bonds is 7. The van der Waals surface area contributed by atoms with E-state index in [2.05, 4.69) is 55.3 Å². The van der Waals surface area contributed by atoms with Crippen molar-refractivity contribution in [2.75, 3.05) is 26.0 Å². The molecular formula is C17H27NOS. The maximum atomic E-state index is 5.42. The fourth-order valence-electron chi connectivity index (χ4n) is 2.63. The van der Waals surface area contributed by atoms with Crippen molar-refractivity contribution in [1.29, 1.82) is 0 Å². The molecule has 0 radical (unpaired) electrons. The van der Waals surface area contributed by atoms with Crippen LogP contribution in [0.1, 0.15) is 43.4 Å². The van der Waals surface area contributed by atoms with Crippen LogP contribution in [0.3, 0.4) is 0 Å². The molecule has 1 fully saturated rings. The fourth-order valence-corrected chi connectivity index (χ4v) is 3.98. The van der Waals surface area contributed by atoms with Gasteiger partial charge in [0, 0.05) is 30.3 Å². The third-order valence-electron chi connectivity index (χ3n) is 3.94. The van der Waals surface area contributed by atoms with Crippen molar-refractivity contribution in [2.24, 2.45) is 0 Å². The summed E-state index contributed by atoms with van der Waals surface area (Å²) in [6.07, 6.45) is 4.81. The van der Waals surface area contributed by atoms with E-state index in [1.54, 1.807) is 0 Å². The van der Waals surface area contributed by atoms with Crippen molar-refractivity contribution in [1.82, 2.24) is 5.32 Å². The number of ether oxygens (including phenoxy) is 1. The van der Waals surface area contributed by atoms with Crippen molar-refractivity contribution in [3.63, 3.8) is 0 Å². The van der Waals surface area contributed by atoms with E-state index in [1.165, 1.54) is 36.8 Å². The largest absolute Gasteiger partial charge is 0.381 e. The quantitative estimate of drug-likeness (QED) is 0.826. The van der Waals surface area contributed by atoms with Gasteiger partial charge in [-0.15, -0.1) is 0 Å². The second kappa shape index (κ2) is 8.71. The first-order valence-corrected chi connectivity index (χ1v) is 8.83. The van der Waals surface area contributed by atoms with E-state index >= 15 is 0 Å². The molecule has 0 amide bonds. The van der Waals surface area contributed by atoms with E-state index < -0.39 is 0 Å². The van der Waals surface area contributed by atoms with E-state index in [9.17, 15) is 0 Å². The number of thioether (sulfide) groups is 1. The number of aryl methyl sites for hydroxylation is 1. The van der Waals surface area contributed by atoms with Crippen LogP contribution in [-0.2, 0) is 11.2 Å². The highest BCUT2D eigenvalue weighted by Gasteiger charge is 2.17. The van der Waals surface area contributed by atoms with E-state index in [0.717, 1.165) is 24.2 Å². The molecule has 1 atom stereocenters. The zero-order chi connectivity index (χ0) is 14.2. The normalized spacial score (nSPS) is 18.1. The Morgan fingerprint density at radius 2 is 1.95 bits per heavy atom. The van der Waals surface area contributed by atoms with Crippen LogP contribution in [0.2, 0.25) is 0 Å². The summed E-state index contributed by atoms with van der Waals surface area (Å²) < 4.78 is 5.42. The van der Waals surface area contributed by atoms with Crippen molar-refractivity contribution < 1.29 is 4.74 Å². The lowest BCUT2D eigenvalue weighted by atomic mass is 10.0. The molecular weight excluding hydrogens is 266 g/mol. The minimum absolute atomic E-state index is 0.457. The van der Waals surface area contributed by atoms with Crippen molar-refractivity contribution in [2.45, 2.75) is 43.9 Å². The Bertz CT molecular complexity index is 373. The summed E-state index contributed by atoms with van der Waals surface area (Å²) in [5.74, 6) is 1.15. The Morgan fingerprint density at radius 3 is 2.55 bits per heavy atom. The van der Waals surface area contributed by atoms with Gasteiger partial charge in [-0.1, -0.05) is 37.6 Å². The molecule has 1 heterocycles. The SMILES string of the molecule is CCCc1ccc(C(CSC2CCOCC2)NC)cc1. The van der Waals surface area contributed by atoms with Gasteiger partial charge >= 0.3 is 0 Å². The molecule has 3 heteroatoms. The number of hydrogen-bond donors (Lipinski definition) is 1. The Hall–Kier alpha value is -0.510. The molecule has 1 aliphatic heterocycles. The summed E-state index contributed by atoms with van der Waals surface area (Å²) in [5, 5.41) is 4.23. The van der Waals surface area contributed by atoms with Crippen molar-refractivity contribution >= 4 is 11.8 Å². The Labute approximate surface area is 127 Å². The average molecular weight is 293 g/mol. The van der Waals surface area contributed by atoms with Crippen LogP contribution in [-0.4, -0.2) is 31.3 Å². The molecule has 1 aromatic rings. The third-order valence-corrected chi connectivity index (χ3v) is 5.40. The molecule has 0 spiro atoms. The van der Waals surface area contributed by atoms with Gasteiger partial charge in [0.15, 0.2) is 0 Å². The summed E-state index contributed by atoms with van der Waals surface area (Å²) in [6.45, 7) is 4.11. The molecule has 2 nitrogen and oxygen atoms in total. The van der Waals surface area contributed by atoms with Gasteiger partial charge < -0.3 is 10.1 Å². The van der Waals surface area contributed by atoms with E-state index in [4.69, 9.17) is 4.74 Å². The second-order valence-electron chi connectivity index (χ2n) is 5.48. The maximum Gasteiger partial charge on any atom is 0.0476 e. The molecule has 0 aromatic heterocycles. The van der Waals surface area contributed by atoms with E-state index in [0.29, 0.717) is 6.04 Å². The van der Waals surface area contributed by atoms with Crippen LogP contribution in [0.5, 0.6) is 0 Å². The molecule has 1 aliphatic rings. The highest BCUT2D eigenvalue weighted by molar-refractivity contribution is 7.99. The van der Waals surface area contributed by atoms with Crippen molar-refractivity contribution in [3.05, 3.63) is 35.4 Å². The van der Waals surface area contributed by atoms with Gasteiger partial charge in [0.05, 0.1) is 0 Å². The summed E-state index contributed by atoms with van der Waals surface area (Å²) in [6, 6.07) is 9.59. The molecule has 1 N–H and O–H groups in total. The highest BCUT2D eigenvalue weighted by Crippen LogP contribution is 2.27. The number of benzene rings is 1. The fraction of sp³-hybridized carbons (Fsp3) is 0.647. The second-order valence-corrected chi connectivity index (χ2v) is 6.81. The molecule has 1 unspecified atom stereocenters. The van der Waals surface area contributed by atoms with Gasteiger partial charge in [-0.05, 0) is 37.4 Å². The highest BCUT2D eigenvalue weighted by atomic mass is 32.2. The average Bonchev–Trinajstić information content (AvgIpc) is 2.51. The lowest BCUT2D eigenvalue weighted by Crippen LogP contribution is -2.23. The summed E-state index contributed by atoms with van der Waals surface area (Å²) >= 11 is 2.10. The lowest BCUT2D eigenvalue weighted by molar-refractivity contribution is 0.1000. The summed E-state index contributed by atoms with van der Waals surface area (Å²) in [4.78, 5) is 0. The van der Waals surface area contributed by atoms with Crippen LogP contribution >= 0.6 is 11.8 Å². The number of hydrogen-bond acceptors (Lipinski definition) is 3. The van der Waals surface area contributed by atoms with E-state index in [1.807, 2.05) is 0 Å². The molecule has 0 bridgehead atoms. The van der Waals surface area contributed by atoms with Crippen LogP contribution in [0, 0.1) is 0 Å². The molecule has 112 valence electrons. The maximum absolute atomic E-state index is 5.42. The first kappa shape index (κ1) is 15.9. The minimum Gasteiger partial charge on any atom is -0.381 e. The molecule has 20 heavy (non-hydrogen) atoms. The van der Waals surface area contributed by atoms with Crippen LogP contribution < -0.4 is 5.32 Å². The Kier molecular flexibility index (Phi) is 6.91. The smallest absolute Gasteiger partial charge is 0.0476 e. The van der Waals surface area contributed by atoms with Crippen LogP contribution in [0.4, 0.5) is 0 Å². The summed E-state index contributed by atoms with van der Waals surface area (Å²) in [5.41, 5.74) is 2.86. The van der Waals surface area contributed by atoms with Gasteiger partial charge in [-0.2, -0.15) is 11.8 Å². The Balaban J connectivity index is 1.86. The van der Waals surface area contributed by atoms with Crippen molar-refractivity contribution in [3.8, 4) is 0 Å². The van der Waals surface area contributed by atoms with Gasteiger partial charge in [-0.3, -0.25) is 0 Å². The zero-order valence-corrected chi connectivity index (χ0v) is 13.5. The summed E-state index contributed by atoms with van der Waals surface area (Å²) in [7, 11) is 2.06. The third kappa shape index (κ3) is 4.80. The molecule has 1 aromatic carbocycles. The Morgan fingerprint density at radius 1 is 1.25 bits per heavy atom. The molecule has 2 rings (SSSR count). The molecule has 0 aliphatic carbocycles. The van der Waals surface area contributed by atoms with Gasteiger partial charge in [0.2, 0.25) is 0 Å². The molecule has 1 saturated heterocycles. The predicted molar refractivity (Wildman–Crippen MR) is 88.5 cm³/mol. The standard InChI is InChI=1S/C17H27NOS/c1-3-4-14-5-7-15(8-6-14)17(18-2)13-20-16-9-11-19-12-10-16/h5-8,16-18H,3-4,9-13H2,1-2H3. The van der Waals surface area contributed by atoms with Crippen LogP contribution in [0.25, 0.3) is 0 Å². The monoisotopic (exact) mass is 293 g/mol. The van der Waals surface area contributed by atoms with Gasteiger partial charge in [-0.25, -0.2) is 0 Å². The first-order valence-electron chi connectivity index (χ1n) is 7.79. The van der Waals surface area contributed by atoms with Gasteiger partial charge in [0.25, 0.3) is 0 Å². The topological polar surface area (TPSA) is 21.3 Å². The van der Waals surface area contributed by atoms with Crippen LogP contribution in [0.15, 0.2) is 24.3 Å². The van der Waals surface area contributed by atoms with E-state index in [-0.39, 0.29) is 0 Å². The lowest BCUT2D eigenvalue weighted by Gasteiger charge is -2.24. The number of nitrogens with one attached hydrogen (secondary N) is 1. The minimum atomic E-state index is 0.457. The van der Waals surface area contributed by atoms with Gasteiger partial charge in [0.1, 0.15) is 0 Å². The molecule has 0 saturated carbocycles. The first-order chi connectivity index (χ1) is 9.83. The predicted octanol–water partition coefficient (Wildman–Crippen LogP) is 3.81. The zero-order valence-electron chi connectivity index (χ0n) is 12.7.